The molecule has 0 aliphatic carbocycles. The van der Waals surface area contributed by atoms with E-state index in [2.05, 4.69) is 10.2 Å². The third kappa shape index (κ3) is 5.76. The topological polar surface area (TPSA) is 24.5 Å². The zero-order valence-electron chi connectivity index (χ0n) is 11.1. The van der Waals surface area contributed by atoms with Gasteiger partial charge in [-0.1, -0.05) is 12.1 Å². The first-order valence-corrected chi connectivity index (χ1v) is 6.66. The van der Waals surface area contributed by atoms with E-state index in [1.807, 2.05) is 0 Å². The second-order valence-electron chi connectivity index (χ2n) is 4.58. The molecule has 0 unspecified atom stereocenters. The number of benzene rings is 1. The third-order valence-electron chi connectivity index (χ3n) is 3.17. The number of unbranched alkanes of at least 4 members (excludes halogenated alkanes) is 1. The summed E-state index contributed by atoms with van der Waals surface area (Å²) >= 11 is 0. The molecule has 3 nitrogen and oxygen atoms in total. The molecule has 1 aliphatic heterocycles. The Labute approximate surface area is 120 Å². The minimum atomic E-state index is -0.278. The van der Waals surface area contributed by atoms with Crippen LogP contribution in [0.3, 0.4) is 0 Å². The molecule has 1 fully saturated rings. The van der Waals surface area contributed by atoms with E-state index >= 15 is 0 Å². The molecule has 19 heavy (non-hydrogen) atoms. The van der Waals surface area contributed by atoms with E-state index in [1.165, 1.54) is 6.07 Å². The average Bonchev–Trinajstić information content (AvgIpc) is 2.42. The van der Waals surface area contributed by atoms with Gasteiger partial charge < -0.3 is 27.4 Å². The summed E-state index contributed by atoms with van der Waals surface area (Å²) in [5.74, 6) is 0.0827. The van der Waals surface area contributed by atoms with Crippen LogP contribution in [0.15, 0.2) is 24.3 Å². The number of nitrogens with one attached hydrogen (secondary N) is 1. The fourth-order valence-electron chi connectivity index (χ4n) is 2.12. The van der Waals surface area contributed by atoms with Crippen molar-refractivity contribution in [3.63, 3.8) is 0 Å². The van der Waals surface area contributed by atoms with Crippen molar-refractivity contribution in [2.24, 2.45) is 0 Å². The highest BCUT2D eigenvalue weighted by Crippen LogP contribution is 2.15. The van der Waals surface area contributed by atoms with Crippen molar-refractivity contribution in [1.29, 1.82) is 0 Å². The van der Waals surface area contributed by atoms with E-state index in [1.54, 1.807) is 18.2 Å². The van der Waals surface area contributed by atoms with Crippen LogP contribution in [0.1, 0.15) is 12.8 Å². The minimum absolute atomic E-state index is 0. The van der Waals surface area contributed by atoms with Crippen LogP contribution >= 0.6 is 0 Å². The fourth-order valence-corrected chi connectivity index (χ4v) is 2.12. The molecule has 1 aromatic carbocycles. The van der Waals surface area contributed by atoms with Gasteiger partial charge in [0.05, 0.1) is 6.61 Å². The van der Waals surface area contributed by atoms with Crippen LogP contribution in [-0.2, 0) is 0 Å². The van der Waals surface area contributed by atoms with Gasteiger partial charge in [-0.25, -0.2) is 4.39 Å². The van der Waals surface area contributed by atoms with Crippen molar-refractivity contribution in [1.82, 2.24) is 10.2 Å². The molecule has 1 saturated heterocycles. The maximum Gasteiger partial charge on any atom is 0.165 e. The molecular weight excluding hydrogens is 267 g/mol. The molecule has 0 spiro atoms. The van der Waals surface area contributed by atoms with Crippen LogP contribution in [0.4, 0.5) is 4.39 Å². The Morgan fingerprint density at radius 3 is 2.63 bits per heavy atom. The quantitative estimate of drug-likeness (QED) is 0.672. The number of nitrogens with zero attached hydrogens (tertiary/aromatic N) is 1. The van der Waals surface area contributed by atoms with Crippen molar-refractivity contribution in [2.45, 2.75) is 12.8 Å². The number of hydrogen-bond donors (Lipinski definition) is 1. The van der Waals surface area contributed by atoms with Crippen LogP contribution in [-0.4, -0.2) is 44.2 Å². The lowest BCUT2D eigenvalue weighted by Crippen LogP contribution is -3.00. The van der Waals surface area contributed by atoms with Crippen LogP contribution in [0.5, 0.6) is 5.75 Å². The van der Waals surface area contributed by atoms with E-state index < -0.39 is 0 Å². The zero-order chi connectivity index (χ0) is 12.6. The van der Waals surface area contributed by atoms with Crippen molar-refractivity contribution in [3.8, 4) is 5.75 Å². The van der Waals surface area contributed by atoms with Crippen LogP contribution in [0, 0.1) is 5.82 Å². The maximum absolute atomic E-state index is 13.2. The third-order valence-corrected chi connectivity index (χ3v) is 3.17. The molecule has 1 aliphatic rings. The molecule has 0 amide bonds. The van der Waals surface area contributed by atoms with Gasteiger partial charge in [-0.15, -0.1) is 0 Å². The Balaban J connectivity index is 0.00000180. The van der Waals surface area contributed by atoms with Crippen LogP contribution < -0.4 is 22.5 Å². The number of para-hydroxylation sites is 1. The monoisotopic (exact) mass is 287 g/mol. The summed E-state index contributed by atoms with van der Waals surface area (Å²) in [4.78, 5) is 2.46. The lowest BCUT2D eigenvalue weighted by atomic mass is 10.2. The van der Waals surface area contributed by atoms with E-state index in [4.69, 9.17) is 4.74 Å². The molecule has 1 heterocycles. The molecule has 108 valence electrons. The minimum Gasteiger partial charge on any atom is -1.00 e. The highest BCUT2D eigenvalue weighted by Gasteiger charge is 2.08. The summed E-state index contributed by atoms with van der Waals surface area (Å²) in [7, 11) is 0. The van der Waals surface area contributed by atoms with Gasteiger partial charge in [0, 0.05) is 26.2 Å². The molecule has 0 atom stereocenters. The standard InChI is InChI=1S/C14H21FN2O.ClH/c15-13-5-1-2-6-14(13)18-12-4-3-9-17-10-7-16-8-11-17;/h1-2,5-6,16H,3-4,7-12H2;1H/p-1. The first kappa shape index (κ1) is 16.2. The summed E-state index contributed by atoms with van der Waals surface area (Å²) in [6.45, 7) is 6.15. The summed E-state index contributed by atoms with van der Waals surface area (Å²) in [6, 6.07) is 6.56. The van der Waals surface area contributed by atoms with E-state index in [0.29, 0.717) is 12.4 Å². The van der Waals surface area contributed by atoms with Crippen molar-refractivity contribution >= 4 is 0 Å². The number of hydrogen-bond acceptors (Lipinski definition) is 3. The molecule has 0 bridgehead atoms. The Kier molecular flexibility index (Phi) is 7.79. The van der Waals surface area contributed by atoms with Gasteiger partial charge in [-0.3, -0.25) is 0 Å². The second-order valence-corrected chi connectivity index (χ2v) is 4.58. The van der Waals surface area contributed by atoms with Gasteiger partial charge in [0.25, 0.3) is 0 Å². The van der Waals surface area contributed by atoms with Gasteiger partial charge in [0.1, 0.15) is 0 Å². The molecule has 1 aromatic rings. The molecule has 0 aromatic heterocycles. The van der Waals surface area contributed by atoms with E-state index in [-0.39, 0.29) is 18.2 Å². The van der Waals surface area contributed by atoms with Gasteiger partial charge in [-0.2, -0.15) is 0 Å². The average molecular weight is 288 g/mol. The Morgan fingerprint density at radius 2 is 1.89 bits per heavy atom. The highest BCUT2D eigenvalue weighted by atomic mass is 35.5. The van der Waals surface area contributed by atoms with Crippen molar-refractivity contribution in [2.75, 3.05) is 39.3 Å². The van der Waals surface area contributed by atoms with Crippen LogP contribution in [0.25, 0.3) is 0 Å². The summed E-state index contributed by atoms with van der Waals surface area (Å²) in [5, 5.41) is 3.34. The zero-order valence-corrected chi connectivity index (χ0v) is 11.8. The van der Waals surface area contributed by atoms with E-state index in [0.717, 1.165) is 45.6 Å². The summed E-state index contributed by atoms with van der Waals surface area (Å²) in [6.07, 6.45) is 2.08. The number of halogens is 2. The first-order chi connectivity index (χ1) is 8.86. The Hall–Kier alpha value is -0.840. The van der Waals surface area contributed by atoms with E-state index in [9.17, 15) is 4.39 Å². The highest BCUT2D eigenvalue weighted by molar-refractivity contribution is 5.23. The number of rotatable bonds is 6. The van der Waals surface area contributed by atoms with Crippen molar-refractivity contribution in [3.05, 3.63) is 30.1 Å². The number of piperazine rings is 1. The fraction of sp³-hybridized carbons (Fsp3) is 0.571. The van der Waals surface area contributed by atoms with Gasteiger partial charge in [0.15, 0.2) is 11.6 Å². The molecule has 1 N–H and O–H groups in total. The van der Waals surface area contributed by atoms with Crippen molar-refractivity contribution < 1.29 is 21.5 Å². The normalized spacial score (nSPS) is 15.8. The maximum atomic E-state index is 13.2. The lowest BCUT2D eigenvalue weighted by molar-refractivity contribution is -0.00000468. The predicted molar refractivity (Wildman–Crippen MR) is 70.4 cm³/mol. The Bertz CT molecular complexity index is 359. The lowest BCUT2D eigenvalue weighted by Gasteiger charge is -2.26. The molecule has 5 heteroatoms. The van der Waals surface area contributed by atoms with Crippen LogP contribution in [0.2, 0.25) is 0 Å². The SMILES string of the molecule is Fc1ccccc1OCCCCN1CCNCC1.[Cl-]. The van der Waals surface area contributed by atoms with Gasteiger partial charge in [0.2, 0.25) is 0 Å². The number of ether oxygens (including phenoxy) is 1. The molecule has 0 saturated carbocycles. The summed E-state index contributed by atoms with van der Waals surface area (Å²) in [5.41, 5.74) is 0. The largest absolute Gasteiger partial charge is 1.00 e. The Morgan fingerprint density at radius 1 is 1.16 bits per heavy atom. The summed E-state index contributed by atoms with van der Waals surface area (Å²) < 4.78 is 18.7. The smallest absolute Gasteiger partial charge is 0.165 e. The van der Waals surface area contributed by atoms with Gasteiger partial charge >= 0.3 is 0 Å². The molecule has 2 rings (SSSR count). The molecule has 0 radical (unpaired) electrons. The second kappa shape index (κ2) is 9.13. The predicted octanol–water partition coefficient (Wildman–Crippen LogP) is -1.11. The van der Waals surface area contributed by atoms with Gasteiger partial charge in [-0.05, 0) is 31.5 Å². The molecular formula is C14H21ClFN2O-. The first-order valence-electron chi connectivity index (χ1n) is 6.66.